The summed E-state index contributed by atoms with van der Waals surface area (Å²) in [5, 5.41) is 8.61. The average Bonchev–Trinajstić information content (AvgIpc) is 1.85. The highest BCUT2D eigenvalue weighted by Crippen LogP contribution is 2.18. The first kappa shape index (κ1) is 10.4. The molecular formula is C7H16N2O2. The van der Waals surface area contributed by atoms with Gasteiger partial charge in [0.2, 0.25) is 0 Å². The number of carbonyl (C=O) groups is 1. The Bertz CT molecular complexity index is 155. The minimum Gasteiger partial charge on any atom is -0.479 e. The predicted molar refractivity (Wildman–Crippen MR) is 42.7 cm³/mol. The van der Waals surface area contributed by atoms with E-state index in [1.807, 2.05) is 13.8 Å². The molecule has 0 aliphatic heterocycles. The minimum atomic E-state index is -1.60. The van der Waals surface area contributed by atoms with Crippen LogP contribution in [0.1, 0.15) is 20.8 Å². The summed E-state index contributed by atoms with van der Waals surface area (Å²) < 4.78 is 0. The van der Waals surface area contributed by atoms with E-state index >= 15 is 0 Å². The molecule has 0 radical (unpaired) electrons. The van der Waals surface area contributed by atoms with Crippen LogP contribution in [0.3, 0.4) is 0 Å². The molecule has 0 amide bonds. The molecule has 66 valence electrons. The van der Waals surface area contributed by atoms with Crippen molar-refractivity contribution >= 4 is 5.97 Å². The normalized spacial score (nSPS) is 15.1. The molecule has 0 rings (SSSR count). The van der Waals surface area contributed by atoms with Gasteiger partial charge < -0.3 is 16.6 Å². The molecule has 0 saturated carbocycles. The Hall–Kier alpha value is -0.610. The fraction of sp³-hybridized carbons (Fsp3) is 0.857. The second kappa shape index (κ2) is 3.19. The maximum absolute atomic E-state index is 10.5. The Balaban J connectivity index is 4.42. The smallest absolute Gasteiger partial charge is 0.338 e. The quantitative estimate of drug-likeness (QED) is 0.506. The van der Waals surface area contributed by atoms with Gasteiger partial charge in [-0.05, 0) is 5.92 Å². The van der Waals surface area contributed by atoms with Crippen LogP contribution in [0.4, 0.5) is 0 Å². The van der Waals surface area contributed by atoms with Crippen molar-refractivity contribution in [3.63, 3.8) is 0 Å². The summed E-state index contributed by atoms with van der Waals surface area (Å²) in [6, 6.07) is 0. The number of carboxylic acids is 1. The Morgan fingerprint density at radius 1 is 1.36 bits per heavy atom. The molecule has 0 saturated heterocycles. The molecule has 0 heterocycles. The van der Waals surface area contributed by atoms with Crippen molar-refractivity contribution in [1.29, 1.82) is 0 Å². The van der Waals surface area contributed by atoms with Crippen molar-refractivity contribution in [2.75, 3.05) is 0 Å². The number of aliphatic carboxylic acids is 1. The van der Waals surface area contributed by atoms with E-state index in [0.29, 0.717) is 0 Å². The third kappa shape index (κ3) is 2.17. The molecule has 1 atom stereocenters. The summed E-state index contributed by atoms with van der Waals surface area (Å²) >= 11 is 0. The number of carboxylic acid groups (broad SMARTS) is 1. The Morgan fingerprint density at radius 2 is 1.73 bits per heavy atom. The molecule has 0 aliphatic rings. The zero-order chi connectivity index (χ0) is 9.23. The molecular weight excluding hydrogens is 144 g/mol. The lowest BCUT2D eigenvalue weighted by Gasteiger charge is -2.29. The fourth-order valence-corrected chi connectivity index (χ4v) is 0.746. The first-order chi connectivity index (χ1) is 4.80. The third-order valence-corrected chi connectivity index (χ3v) is 2.12. The van der Waals surface area contributed by atoms with Crippen molar-refractivity contribution in [2.45, 2.75) is 26.4 Å². The fourth-order valence-electron chi connectivity index (χ4n) is 0.746. The van der Waals surface area contributed by atoms with Gasteiger partial charge in [-0.15, -0.1) is 0 Å². The molecule has 0 aromatic carbocycles. The van der Waals surface area contributed by atoms with Gasteiger partial charge in [-0.25, -0.2) is 4.79 Å². The van der Waals surface area contributed by atoms with Crippen LogP contribution in [0.5, 0.6) is 0 Å². The lowest BCUT2D eigenvalue weighted by atomic mass is 9.86. The zero-order valence-corrected chi connectivity index (χ0v) is 7.16. The van der Waals surface area contributed by atoms with Crippen molar-refractivity contribution in [1.82, 2.24) is 0 Å². The topological polar surface area (TPSA) is 89.3 Å². The molecule has 0 bridgehead atoms. The predicted octanol–water partition coefficient (Wildman–Crippen LogP) is -0.0232. The van der Waals surface area contributed by atoms with Gasteiger partial charge in [-0.1, -0.05) is 20.8 Å². The van der Waals surface area contributed by atoms with E-state index in [0.717, 1.165) is 0 Å². The van der Waals surface area contributed by atoms with E-state index < -0.39 is 11.6 Å². The van der Waals surface area contributed by atoms with Gasteiger partial charge in [0.15, 0.2) is 5.66 Å². The van der Waals surface area contributed by atoms with Crippen LogP contribution in [-0.2, 0) is 4.79 Å². The molecule has 0 spiro atoms. The van der Waals surface area contributed by atoms with Crippen LogP contribution in [0, 0.1) is 11.8 Å². The number of nitrogens with two attached hydrogens (primary N) is 2. The Morgan fingerprint density at radius 3 is 1.82 bits per heavy atom. The molecule has 0 fully saturated rings. The summed E-state index contributed by atoms with van der Waals surface area (Å²) in [4.78, 5) is 10.5. The van der Waals surface area contributed by atoms with Crippen molar-refractivity contribution < 1.29 is 9.90 Å². The summed E-state index contributed by atoms with van der Waals surface area (Å²) in [6.07, 6.45) is 0. The maximum Gasteiger partial charge on any atom is 0.338 e. The highest BCUT2D eigenvalue weighted by Gasteiger charge is 2.36. The molecule has 4 heteroatoms. The van der Waals surface area contributed by atoms with E-state index in [1.165, 1.54) is 0 Å². The number of hydrogen-bond donors (Lipinski definition) is 3. The van der Waals surface area contributed by atoms with Crippen LogP contribution in [0.2, 0.25) is 0 Å². The van der Waals surface area contributed by atoms with E-state index in [1.54, 1.807) is 6.92 Å². The van der Waals surface area contributed by atoms with Crippen molar-refractivity contribution in [3.8, 4) is 0 Å². The van der Waals surface area contributed by atoms with Crippen molar-refractivity contribution in [3.05, 3.63) is 0 Å². The van der Waals surface area contributed by atoms with Crippen LogP contribution in [0.15, 0.2) is 0 Å². The lowest BCUT2D eigenvalue weighted by molar-refractivity contribution is -0.145. The molecule has 0 aromatic rings. The minimum absolute atomic E-state index is 0.168. The zero-order valence-electron chi connectivity index (χ0n) is 7.16. The SMILES string of the molecule is CC(C)C(C)C(N)(N)C(=O)O. The monoisotopic (exact) mass is 160 g/mol. The van der Waals surface area contributed by atoms with E-state index in [2.05, 4.69) is 0 Å². The molecule has 4 nitrogen and oxygen atoms in total. The standard InChI is InChI=1S/C7H16N2O2/c1-4(2)5(3)7(8,9)6(10)11/h4-5H,8-9H2,1-3H3,(H,10,11). The summed E-state index contributed by atoms with van der Waals surface area (Å²) in [5.74, 6) is -1.22. The van der Waals surface area contributed by atoms with Gasteiger partial charge in [-0.3, -0.25) is 0 Å². The number of rotatable bonds is 3. The van der Waals surface area contributed by atoms with Gasteiger partial charge in [0.1, 0.15) is 0 Å². The summed E-state index contributed by atoms with van der Waals surface area (Å²) in [6.45, 7) is 5.52. The summed E-state index contributed by atoms with van der Waals surface area (Å²) in [7, 11) is 0. The van der Waals surface area contributed by atoms with Gasteiger partial charge >= 0.3 is 5.97 Å². The van der Waals surface area contributed by atoms with Crippen LogP contribution < -0.4 is 11.5 Å². The van der Waals surface area contributed by atoms with Gasteiger partial charge in [0.25, 0.3) is 0 Å². The van der Waals surface area contributed by atoms with E-state index in [-0.39, 0.29) is 11.8 Å². The van der Waals surface area contributed by atoms with Crippen LogP contribution >= 0.6 is 0 Å². The first-order valence-corrected chi connectivity index (χ1v) is 3.61. The van der Waals surface area contributed by atoms with Gasteiger partial charge in [0, 0.05) is 5.92 Å². The average molecular weight is 160 g/mol. The van der Waals surface area contributed by atoms with Gasteiger partial charge in [0.05, 0.1) is 0 Å². The van der Waals surface area contributed by atoms with Crippen LogP contribution in [-0.4, -0.2) is 16.7 Å². The molecule has 5 N–H and O–H groups in total. The molecule has 0 aliphatic carbocycles. The second-order valence-corrected chi connectivity index (χ2v) is 3.27. The summed E-state index contributed by atoms with van der Waals surface area (Å²) in [5.41, 5.74) is 9.16. The highest BCUT2D eigenvalue weighted by molar-refractivity contribution is 5.77. The van der Waals surface area contributed by atoms with Crippen LogP contribution in [0.25, 0.3) is 0 Å². The third-order valence-electron chi connectivity index (χ3n) is 2.12. The largest absolute Gasteiger partial charge is 0.479 e. The van der Waals surface area contributed by atoms with E-state index in [9.17, 15) is 4.79 Å². The molecule has 11 heavy (non-hydrogen) atoms. The molecule has 0 aromatic heterocycles. The second-order valence-electron chi connectivity index (χ2n) is 3.27. The van der Waals surface area contributed by atoms with Gasteiger partial charge in [-0.2, -0.15) is 0 Å². The lowest BCUT2D eigenvalue weighted by Crippen LogP contribution is -2.62. The highest BCUT2D eigenvalue weighted by atomic mass is 16.4. The Kier molecular flexibility index (Phi) is 3.02. The van der Waals surface area contributed by atoms with E-state index in [4.69, 9.17) is 16.6 Å². The van der Waals surface area contributed by atoms with Crippen molar-refractivity contribution in [2.24, 2.45) is 23.3 Å². The Labute approximate surface area is 66.6 Å². The first-order valence-electron chi connectivity index (χ1n) is 3.61. The number of hydrogen-bond acceptors (Lipinski definition) is 3. The maximum atomic E-state index is 10.5. The molecule has 1 unspecified atom stereocenters.